The summed E-state index contributed by atoms with van der Waals surface area (Å²) in [4.78, 5) is 23.0. The van der Waals surface area contributed by atoms with E-state index in [9.17, 15) is 4.79 Å². The van der Waals surface area contributed by atoms with Crippen molar-refractivity contribution in [1.82, 2.24) is 25.2 Å². The Bertz CT molecular complexity index is 1070. The number of carbonyl (C=O) groups excluding carboxylic acids is 1. The van der Waals surface area contributed by atoms with Gasteiger partial charge in [0.05, 0.1) is 28.4 Å². The second kappa shape index (κ2) is 8.43. The minimum absolute atomic E-state index is 0.0517. The van der Waals surface area contributed by atoms with Gasteiger partial charge in [-0.1, -0.05) is 35.1 Å². The largest absolute Gasteiger partial charge is 0.465 e. The van der Waals surface area contributed by atoms with Crippen molar-refractivity contribution in [3.05, 3.63) is 35.5 Å². The van der Waals surface area contributed by atoms with Crippen LogP contribution in [-0.2, 0) is 16.1 Å². The first-order chi connectivity index (χ1) is 15.1. The number of esters is 1. The van der Waals surface area contributed by atoms with E-state index in [0.29, 0.717) is 24.3 Å². The van der Waals surface area contributed by atoms with Crippen LogP contribution in [0, 0.1) is 11.8 Å². The number of para-hydroxylation sites is 1. The van der Waals surface area contributed by atoms with E-state index in [2.05, 4.69) is 36.3 Å². The lowest BCUT2D eigenvalue weighted by molar-refractivity contribution is -0.144. The molecule has 2 aliphatic heterocycles. The summed E-state index contributed by atoms with van der Waals surface area (Å²) in [7, 11) is 0. The molecule has 0 saturated carbocycles. The first kappa shape index (κ1) is 20.2. The number of nitrogens with zero attached hydrogens (tertiary/aromatic N) is 7. The van der Waals surface area contributed by atoms with Gasteiger partial charge in [0.2, 0.25) is 5.82 Å². The maximum Gasteiger partial charge on any atom is 0.329 e. The molecule has 2 fully saturated rings. The number of halogens is 1. The van der Waals surface area contributed by atoms with E-state index >= 15 is 0 Å². The standard InChI is InChI=1S/C20H22ClN7O2S/c1-2-30-18(29)12-28-24-19(23-25-28)17-7-22-20(31-17)27-10-13-8-26(9-14(13)11-27)16-6-4-3-5-15(16)21/h3-7,13-14H,2,8-12H2,1H3. The molecule has 162 valence electrons. The van der Waals surface area contributed by atoms with E-state index < -0.39 is 0 Å². The van der Waals surface area contributed by atoms with Crippen LogP contribution in [0.4, 0.5) is 10.8 Å². The molecule has 2 aromatic heterocycles. The van der Waals surface area contributed by atoms with Crippen molar-refractivity contribution in [2.24, 2.45) is 11.8 Å². The highest BCUT2D eigenvalue weighted by Gasteiger charge is 2.41. The van der Waals surface area contributed by atoms with Gasteiger partial charge in [0.1, 0.15) is 0 Å². The van der Waals surface area contributed by atoms with Crippen LogP contribution in [0.1, 0.15) is 6.92 Å². The fourth-order valence-corrected chi connectivity index (χ4v) is 5.41. The number of hydrogen-bond donors (Lipinski definition) is 0. The summed E-state index contributed by atoms with van der Waals surface area (Å²) < 4.78 is 4.92. The molecule has 0 aliphatic carbocycles. The van der Waals surface area contributed by atoms with Gasteiger partial charge in [-0.15, -0.1) is 10.2 Å². The van der Waals surface area contributed by atoms with E-state index in [1.54, 1.807) is 24.5 Å². The molecule has 0 amide bonds. The van der Waals surface area contributed by atoms with Crippen molar-refractivity contribution in [2.75, 3.05) is 42.6 Å². The van der Waals surface area contributed by atoms with Crippen molar-refractivity contribution in [3.8, 4) is 10.7 Å². The van der Waals surface area contributed by atoms with Gasteiger partial charge < -0.3 is 14.5 Å². The smallest absolute Gasteiger partial charge is 0.329 e. The fourth-order valence-electron chi connectivity index (χ4n) is 4.30. The molecule has 2 saturated heterocycles. The molecule has 0 radical (unpaired) electrons. The molecular weight excluding hydrogens is 438 g/mol. The van der Waals surface area contributed by atoms with Crippen LogP contribution in [0.5, 0.6) is 0 Å². The van der Waals surface area contributed by atoms with Crippen LogP contribution in [-0.4, -0.2) is 63.9 Å². The lowest BCUT2D eigenvalue weighted by atomic mass is 10.0. The van der Waals surface area contributed by atoms with Crippen LogP contribution in [0.25, 0.3) is 10.7 Å². The van der Waals surface area contributed by atoms with Crippen LogP contribution >= 0.6 is 22.9 Å². The third kappa shape index (κ3) is 4.09. The monoisotopic (exact) mass is 459 g/mol. The Labute approximate surface area is 188 Å². The van der Waals surface area contributed by atoms with Gasteiger partial charge in [0.15, 0.2) is 11.7 Å². The number of anilines is 2. The number of tetrazole rings is 1. The molecule has 0 spiro atoms. The molecule has 4 heterocycles. The third-order valence-corrected chi connectivity index (χ3v) is 7.07. The normalized spacial score (nSPS) is 20.3. The number of carbonyl (C=O) groups is 1. The Kier molecular flexibility index (Phi) is 5.49. The Morgan fingerprint density at radius 1 is 1.19 bits per heavy atom. The van der Waals surface area contributed by atoms with Crippen LogP contribution < -0.4 is 9.80 Å². The van der Waals surface area contributed by atoms with Crippen LogP contribution in [0.15, 0.2) is 30.5 Å². The van der Waals surface area contributed by atoms with Crippen molar-refractivity contribution >= 4 is 39.7 Å². The fraction of sp³-hybridized carbons (Fsp3) is 0.450. The molecule has 1 aromatic carbocycles. The molecular formula is C20H22ClN7O2S. The summed E-state index contributed by atoms with van der Waals surface area (Å²) >= 11 is 7.94. The summed E-state index contributed by atoms with van der Waals surface area (Å²) in [6, 6.07) is 8.05. The maximum absolute atomic E-state index is 11.6. The molecule has 11 heteroatoms. The van der Waals surface area contributed by atoms with Crippen LogP contribution in [0.2, 0.25) is 5.02 Å². The first-order valence-electron chi connectivity index (χ1n) is 10.2. The van der Waals surface area contributed by atoms with Gasteiger partial charge in [0.25, 0.3) is 0 Å². The Morgan fingerprint density at radius 2 is 1.94 bits per heavy atom. The summed E-state index contributed by atoms with van der Waals surface area (Å²) in [5.74, 6) is 1.27. The van der Waals surface area contributed by atoms with Crippen molar-refractivity contribution in [3.63, 3.8) is 0 Å². The maximum atomic E-state index is 11.6. The number of thiazole rings is 1. The number of benzene rings is 1. The highest BCUT2D eigenvalue weighted by Crippen LogP contribution is 2.39. The zero-order valence-corrected chi connectivity index (χ0v) is 18.6. The lowest BCUT2D eigenvalue weighted by Crippen LogP contribution is -2.28. The SMILES string of the molecule is CCOC(=O)Cn1nnc(-c2cnc(N3CC4CN(c5ccccc5Cl)CC4C3)s2)n1. The summed E-state index contributed by atoms with van der Waals surface area (Å²) in [5, 5.41) is 14.0. The molecule has 2 atom stereocenters. The summed E-state index contributed by atoms with van der Waals surface area (Å²) in [6.45, 7) is 6.00. The summed E-state index contributed by atoms with van der Waals surface area (Å²) in [5.41, 5.74) is 1.12. The van der Waals surface area contributed by atoms with Gasteiger partial charge >= 0.3 is 5.97 Å². The first-order valence-corrected chi connectivity index (χ1v) is 11.4. The van der Waals surface area contributed by atoms with Crippen molar-refractivity contribution < 1.29 is 9.53 Å². The van der Waals surface area contributed by atoms with Crippen molar-refractivity contribution in [1.29, 1.82) is 0 Å². The molecule has 3 aromatic rings. The lowest BCUT2D eigenvalue weighted by Gasteiger charge is -2.23. The average Bonchev–Trinajstić information content (AvgIpc) is 3.51. The quantitative estimate of drug-likeness (QED) is 0.519. The van der Waals surface area contributed by atoms with E-state index in [1.165, 1.54) is 4.80 Å². The van der Waals surface area contributed by atoms with Gasteiger partial charge in [0, 0.05) is 38.0 Å². The molecule has 2 unspecified atom stereocenters. The highest BCUT2D eigenvalue weighted by atomic mass is 35.5. The zero-order valence-electron chi connectivity index (χ0n) is 17.0. The van der Waals surface area contributed by atoms with Gasteiger partial charge in [-0.2, -0.15) is 4.80 Å². The van der Waals surface area contributed by atoms with Gasteiger partial charge in [-0.05, 0) is 24.3 Å². The molecule has 9 nitrogen and oxygen atoms in total. The molecule has 5 rings (SSSR count). The third-order valence-electron chi connectivity index (χ3n) is 5.69. The van der Waals surface area contributed by atoms with E-state index in [4.69, 9.17) is 16.3 Å². The Hall–Kier alpha value is -2.72. The predicted octanol–water partition coefficient (Wildman–Crippen LogP) is 2.59. The minimum atomic E-state index is -0.383. The molecule has 0 bridgehead atoms. The minimum Gasteiger partial charge on any atom is -0.465 e. The molecule has 2 aliphatic rings. The van der Waals surface area contributed by atoms with Crippen molar-refractivity contribution in [2.45, 2.75) is 13.5 Å². The second-order valence-electron chi connectivity index (χ2n) is 7.74. The Morgan fingerprint density at radius 3 is 2.68 bits per heavy atom. The molecule has 0 N–H and O–H groups in total. The van der Waals surface area contributed by atoms with Gasteiger partial charge in [-0.25, -0.2) is 9.78 Å². The average molecular weight is 460 g/mol. The number of ether oxygens (including phenoxy) is 1. The number of rotatable bonds is 6. The predicted molar refractivity (Wildman–Crippen MR) is 118 cm³/mol. The molecule has 31 heavy (non-hydrogen) atoms. The van der Waals surface area contributed by atoms with Gasteiger partial charge in [-0.3, -0.25) is 0 Å². The number of aromatic nitrogens is 5. The number of hydrogen-bond acceptors (Lipinski definition) is 9. The van der Waals surface area contributed by atoms with E-state index in [1.807, 2.05) is 18.2 Å². The van der Waals surface area contributed by atoms with E-state index in [0.717, 1.165) is 46.9 Å². The zero-order chi connectivity index (χ0) is 21.4. The topological polar surface area (TPSA) is 89.3 Å². The highest BCUT2D eigenvalue weighted by molar-refractivity contribution is 7.18. The summed E-state index contributed by atoms with van der Waals surface area (Å²) in [6.07, 6.45) is 1.77. The number of fused-ring (bicyclic) bond motifs is 1. The van der Waals surface area contributed by atoms with E-state index in [-0.39, 0.29) is 12.5 Å². The Balaban J connectivity index is 1.22. The second-order valence-corrected chi connectivity index (χ2v) is 9.15. The van der Waals surface area contributed by atoms with Crippen LogP contribution in [0.3, 0.4) is 0 Å².